The lowest BCUT2D eigenvalue weighted by Crippen LogP contribution is -2.05. The smallest absolute Gasteiger partial charge is 0.337 e. The average molecular weight is 378 g/mol. The monoisotopic (exact) mass is 377 g/mol. The van der Waals surface area contributed by atoms with Crippen molar-refractivity contribution >= 4 is 28.6 Å². The molecule has 4 aromatic rings. The summed E-state index contributed by atoms with van der Waals surface area (Å²) in [7, 11) is 0. The van der Waals surface area contributed by atoms with Crippen LogP contribution >= 0.6 is 11.6 Å². The fourth-order valence-corrected chi connectivity index (χ4v) is 3.51. The van der Waals surface area contributed by atoms with Gasteiger partial charge in [0.15, 0.2) is 0 Å². The Bertz CT molecular complexity index is 1150. The highest BCUT2D eigenvalue weighted by atomic mass is 35.5. The van der Waals surface area contributed by atoms with Gasteiger partial charge in [-0.1, -0.05) is 29.8 Å². The molecule has 2 aromatic carbocycles. The second kappa shape index (κ2) is 6.85. The molecule has 0 aliphatic heterocycles. The lowest BCUT2D eigenvalue weighted by molar-refractivity contribution is 0.0698. The molecule has 0 spiro atoms. The molecule has 6 heteroatoms. The minimum atomic E-state index is -1.01. The fraction of sp³-hybridized carbons (Fsp3) is 0.0952. The molecule has 5 nitrogen and oxygen atoms in total. The molecule has 1 N–H and O–H groups in total. The van der Waals surface area contributed by atoms with Gasteiger partial charge in [-0.05, 0) is 48.4 Å². The third-order valence-corrected chi connectivity index (χ3v) is 4.75. The van der Waals surface area contributed by atoms with Crippen molar-refractivity contribution in [1.29, 1.82) is 0 Å². The zero-order valence-electron chi connectivity index (χ0n) is 14.6. The summed E-state index contributed by atoms with van der Waals surface area (Å²) in [6.07, 6.45) is 3.36. The number of benzene rings is 2. The Morgan fingerprint density at radius 2 is 2.00 bits per heavy atom. The van der Waals surface area contributed by atoms with E-state index in [-0.39, 0.29) is 5.56 Å². The van der Waals surface area contributed by atoms with Crippen molar-refractivity contribution in [2.24, 2.45) is 0 Å². The first kappa shape index (κ1) is 17.2. The number of carboxylic acid groups (broad SMARTS) is 1. The molecular formula is C21H16ClN3O2. The van der Waals surface area contributed by atoms with E-state index in [1.165, 1.54) is 0 Å². The van der Waals surface area contributed by atoms with Gasteiger partial charge in [-0.25, -0.2) is 9.78 Å². The summed E-state index contributed by atoms with van der Waals surface area (Å²) in [5.74, 6) is -1.01. The van der Waals surface area contributed by atoms with Gasteiger partial charge in [-0.2, -0.15) is 0 Å². The number of pyridine rings is 1. The largest absolute Gasteiger partial charge is 0.478 e. The minimum absolute atomic E-state index is 0.188. The molecule has 0 unspecified atom stereocenters. The van der Waals surface area contributed by atoms with Crippen molar-refractivity contribution in [3.63, 3.8) is 0 Å². The van der Waals surface area contributed by atoms with Crippen LogP contribution in [-0.4, -0.2) is 25.6 Å². The normalized spacial score (nSPS) is 11.0. The lowest BCUT2D eigenvalue weighted by Gasteiger charge is -2.10. The summed E-state index contributed by atoms with van der Waals surface area (Å²) in [5.41, 5.74) is 4.76. The van der Waals surface area contributed by atoms with Gasteiger partial charge in [0, 0.05) is 16.8 Å². The second-order valence-corrected chi connectivity index (χ2v) is 6.78. The van der Waals surface area contributed by atoms with Crippen LogP contribution in [-0.2, 0) is 6.54 Å². The van der Waals surface area contributed by atoms with Gasteiger partial charge in [-0.3, -0.25) is 4.98 Å². The molecule has 0 radical (unpaired) electrons. The third-order valence-electron chi connectivity index (χ3n) is 4.44. The minimum Gasteiger partial charge on any atom is -0.478 e. The average Bonchev–Trinajstić information content (AvgIpc) is 3.04. The Labute approximate surface area is 160 Å². The maximum absolute atomic E-state index is 12.0. The van der Waals surface area contributed by atoms with Crippen LogP contribution in [0.1, 0.15) is 21.6 Å². The zero-order chi connectivity index (χ0) is 19.0. The molecule has 27 heavy (non-hydrogen) atoms. The number of carbonyl (C=O) groups is 1. The van der Waals surface area contributed by atoms with Crippen molar-refractivity contribution in [3.05, 3.63) is 82.9 Å². The number of imidazole rings is 1. The standard InChI is InChI=1S/C21H16ClN3O2/c1-13-5-6-16(18(22)8-13)14-9-17(21(26)27)20-19(10-14)24-12-25(20)11-15-4-2-3-7-23-15/h2-10,12H,11H2,1H3,(H,26,27). The highest BCUT2D eigenvalue weighted by Gasteiger charge is 2.17. The van der Waals surface area contributed by atoms with Crippen LogP contribution in [0.25, 0.3) is 22.2 Å². The number of aromatic carboxylic acids is 1. The molecule has 2 heterocycles. The lowest BCUT2D eigenvalue weighted by atomic mass is 10.0. The van der Waals surface area contributed by atoms with Crippen molar-refractivity contribution < 1.29 is 9.90 Å². The van der Waals surface area contributed by atoms with Crippen LogP contribution in [0.2, 0.25) is 5.02 Å². The summed E-state index contributed by atoms with van der Waals surface area (Å²) in [4.78, 5) is 20.7. The van der Waals surface area contributed by atoms with E-state index in [2.05, 4.69) is 9.97 Å². The molecule has 0 saturated heterocycles. The van der Waals surface area contributed by atoms with Crippen LogP contribution in [0.4, 0.5) is 0 Å². The van der Waals surface area contributed by atoms with Gasteiger partial charge in [0.25, 0.3) is 0 Å². The molecule has 0 fully saturated rings. The van der Waals surface area contributed by atoms with E-state index in [9.17, 15) is 9.90 Å². The van der Waals surface area contributed by atoms with Crippen LogP contribution in [0.3, 0.4) is 0 Å². The van der Waals surface area contributed by atoms with Gasteiger partial charge in [0.1, 0.15) is 0 Å². The van der Waals surface area contributed by atoms with Crippen LogP contribution in [0.5, 0.6) is 0 Å². The van der Waals surface area contributed by atoms with Gasteiger partial charge in [0.05, 0.1) is 35.2 Å². The number of aryl methyl sites for hydroxylation is 1. The quantitative estimate of drug-likeness (QED) is 0.554. The Kier molecular flexibility index (Phi) is 4.38. The molecule has 2 aromatic heterocycles. The van der Waals surface area contributed by atoms with E-state index >= 15 is 0 Å². The van der Waals surface area contributed by atoms with Crippen molar-refractivity contribution in [2.75, 3.05) is 0 Å². The fourth-order valence-electron chi connectivity index (χ4n) is 3.17. The SMILES string of the molecule is Cc1ccc(-c2cc(C(=O)O)c3c(c2)ncn3Cc2ccccn2)c(Cl)c1. The highest BCUT2D eigenvalue weighted by molar-refractivity contribution is 6.33. The number of hydrogen-bond acceptors (Lipinski definition) is 3. The first-order valence-corrected chi connectivity index (χ1v) is 8.79. The second-order valence-electron chi connectivity index (χ2n) is 6.37. The molecular weight excluding hydrogens is 362 g/mol. The van der Waals surface area contributed by atoms with Gasteiger partial charge in [0.2, 0.25) is 0 Å². The molecule has 0 saturated carbocycles. The van der Waals surface area contributed by atoms with Crippen LogP contribution in [0.15, 0.2) is 61.1 Å². The molecule has 0 amide bonds. The Hall–Kier alpha value is -3.18. The number of rotatable bonds is 4. The van der Waals surface area contributed by atoms with E-state index in [4.69, 9.17) is 11.6 Å². The number of aromatic nitrogens is 3. The van der Waals surface area contributed by atoms with E-state index in [1.807, 2.05) is 54.0 Å². The highest BCUT2D eigenvalue weighted by Crippen LogP contribution is 2.32. The summed E-state index contributed by atoms with van der Waals surface area (Å²) >= 11 is 6.38. The Morgan fingerprint density at radius 3 is 2.70 bits per heavy atom. The van der Waals surface area contributed by atoms with E-state index in [0.29, 0.717) is 22.6 Å². The van der Waals surface area contributed by atoms with E-state index in [0.717, 1.165) is 22.4 Å². The summed E-state index contributed by atoms with van der Waals surface area (Å²) < 4.78 is 1.81. The maximum atomic E-state index is 12.0. The number of fused-ring (bicyclic) bond motifs is 1. The first-order valence-electron chi connectivity index (χ1n) is 8.41. The molecule has 0 atom stereocenters. The predicted octanol–water partition coefficient (Wildman–Crippen LogP) is 4.81. The summed E-state index contributed by atoms with van der Waals surface area (Å²) in [6, 6.07) is 14.9. The number of carboxylic acids is 1. The summed E-state index contributed by atoms with van der Waals surface area (Å²) in [6.45, 7) is 2.41. The van der Waals surface area contributed by atoms with Crippen LogP contribution in [0, 0.1) is 6.92 Å². The Morgan fingerprint density at radius 1 is 1.15 bits per heavy atom. The third kappa shape index (κ3) is 3.29. The van der Waals surface area contributed by atoms with Gasteiger partial charge < -0.3 is 9.67 Å². The molecule has 0 aliphatic carbocycles. The molecule has 134 valence electrons. The van der Waals surface area contributed by atoms with Gasteiger partial charge in [-0.15, -0.1) is 0 Å². The molecule has 0 aliphatic rings. The van der Waals surface area contributed by atoms with Gasteiger partial charge >= 0.3 is 5.97 Å². The predicted molar refractivity (Wildman–Crippen MR) is 105 cm³/mol. The topological polar surface area (TPSA) is 68.0 Å². The Balaban J connectivity index is 1.88. The number of nitrogens with zero attached hydrogens (tertiary/aromatic N) is 3. The van der Waals surface area contributed by atoms with E-state index in [1.54, 1.807) is 18.6 Å². The summed E-state index contributed by atoms with van der Waals surface area (Å²) in [5, 5.41) is 10.4. The molecule has 0 bridgehead atoms. The number of hydrogen-bond donors (Lipinski definition) is 1. The first-order chi connectivity index (χ1) is 13.0. The molecule has 4 rings (SSSR count). The van der Waals surface area contributed by atoms with E-state index < -0.39 is 5.97 Å². The number of halogens is 1. The van der Waals surface area contributed by atoms with Crippen LogP contribution < -0.4 is 0 Å². The van der Waals surface area contributed by atoms with Crippen molar-refractivity contribution in [2.45, 2.75) is 13.5 Å². The van der Waals surface area contributed by atoms with Crippen molar-refractivity contribution in [1.82, 2.24) is 14.5 Å². The zero-order valence-corrected chi connectivity index (χ0v) is 15.3. The van der Waals surface area contributed by atoms with Crippen molar-refractivity contribution in [3.8, 4) is 11.1 Å². The maximum Gasteiger partial charge on any atom is 0.337 e.